The van der Waals surface area contributed by atoms with Crippen molar-refractivity contribution in [3.8, 4) is 0 Å². The van der Waals surface area contributed by atoms with Crippen molar-refractivity contribution in [2.45, 2.75) is 6.04 Å². The first-order valence-electron chi connectivity index (χ1n) is 6.36. The summed E-state index contributed by atoms with van der Waals surface area (Å²) in [5, 5.41) is 0.317. The number of anilines is 1. The SMILES string of the molecule is NC1=NCC(c2c(F)cccc2Cl)N1c1ccc(F)cc1. The third-order valence-electron chi connectivity index (χ3n) is 3.42. The van der Waals surface area contributed by atoms with Gasteiger partial charge in [0.25, 0.3) is 0 Å². The Morgan fingerprint density at radius 1 is 1.14 bits per heavy atom. The molecule has 1 heterocycles. The highest BCUT2D eigenvalue weighted by molar-refractivity contribution is 6.31. The molecule has 0 saturated carbocycles. The number of rotatable bonds is 2. The average molecular weight is 308 g/mol. The van der Waals surface area contributed by atoms with E-state index in [0.29, 0.717) is 22.8 Å². The Hall–Kier alpha value is -2.14. The highest BCUT2D eigenvalue weighted by Crippen LogP contribution is 2.36. The summed E-state index contributed by atoms with van der Waals surface area (Å²) in [6, 6.07) is 9.86. The van der Waals surface area contributed by atoms with E-state index in [1.807, 2.05) is 0 Å². The predicted octanol–water partition coefficient (Wildman–Crippen LogP) is 3.49. The summed E-state index contributed by atoms with van der Waals surface area (Å²) in [5.41, 5.74) is 6.87. The van der Waals surface area contributed by atoms with Crippen molar-refractivity contribution < 1.29 is 8.78 Å². The van der Waals surface area contributed by atoms with Crippen LogP contribution >= 0.6 is 11.6 Å². The molecule has 0 fully saturated rings. The number of nitrogens with zero attached hydrogens (tertiary/aromatic N) is 2. The lowest BCUT2D eigenvalue weighted by Crippen LogP contribution is -2.36. The molecule has 0 bridgehead atoms. The first-order valence-corrected chi connectivity index (χ1v) is 6.74. The normalized spacial score (nSPS) is 18.0. The van der Waals surface area contributed by atoms with Crippen molar-refractivity contribution in [1.82, 2.24) is 0 Å². The molecule has 3 nitrogen and oxygen atoms in total. The fraction of sp³-hybridized carbons (Fsp3) is 0.133. The van der Waals surface area contributed by atoms with Crippen LogP contribution in [-0.2, 0) is 0 Å². The van der Waals surface area contributed by atoms with Crippen LogP contribution in [0.25, 0.3) is 0 Å². The minimum atomic E-state index is -0.441. The molecule has 1 unspecified atom stereocenters. The van der Waals surface area contributed by atoms with Gasteiger partial charge >= 0.3 is 0 Å². The molecule has 108 valence electrons. The fourth-order valence-corrected chi connectivity index (χ4v) is 2.75. The predicted molar refractivity (Wildman–Crippen MR) is 79.5 cm³/mol. The summed E-state index contributed by atoms with van der Waals surface area (Å²) in [4.78, 5) is 5.81. The molecule has 0 amide bonds. The van der Waals surface area contributed by atoms with E-state index >= 15 is 0 Å². The van der Waals surface area contributed by atoms with Crippen LogP contribution in [0.1, 0.15) is 11.6 Å². The molecule has 0 radical (unpaired) electrons. The Morgan fingerprint density at radius 2 is 1.86 bits per heavy atom. The molecule has 0 saturated heterocycles. The second-order valence-corrected chi connectivity index (χ2v) is 5.10. The summed E-state index contributed by atoms with van der Waals surface area (Å²) in [6.45, 7) is 0.295. The van der Waals surface area contributed by atoms with E-state index in [0.717, 1.165) is 0 Å². The zero-order valence-electron chi connectivity index (χ0n) is 10.9. The highest BCUT2D eigenvalue weighted by atomic mass is 35.5. The maximum absolute atomic E-state index is 14.1. The maximum atomic E-state index is 14.1. The molecule has 0 aliphatic carbocycles. The van der Waals surface area contributed by atoms with Gasteiger partial charge in [0.15, 0.2) is 5.96 Å². The monoisotopic (exact) mass is 307 g/mol. The first kappa shape index (κ1) is 13.8. The molecular weight excluding hydrogens is 296 g/mol. The van der Waals surface area contributed by atoms with Crippen molar-refractivity contribution in [3.05, 3.63) is 64.7 Å². The van der Waals surface area contributed by atoms with Gasteiger partial charge in [-0.1, -0.05) is 17.7 Å². The number of aliphatic imine (C=N–C) groups is 1. The van der Waals surface area contributed by atoms with Crippen LogP contribution in [-0.4, -0.2) is 12.5 Å². The number of hydrogen-bond donors (Lipinski definition) is 1. The van der Waals surface area contributed by atoms with Gasteiger partial charge in [-0.05, 0) is 36.4 Å². The van der Waals surface area contributed by atoms with Crippen molar-refractivity contribution in [1.29, 1.82) is 0 Å². The zero-order chi connectivity index (χ0) is 15.0. The van der Waals surface area contributed by atoms with Crippen molar-refractivity contribution in [3.63, 3.8) is 0 Å². The van der Waals surface area contributed by atoms with Gasteiger partial charge in [-0.2, -0.15) is 0 Å². The van der Waals surface area contributed by atoms with Crippen LogP contribution in [0.2, 0.25) is 5.02 Å². The standard InChI is InChI=1S/C15H12ClF2N3/c16-11-2-1-3-12(18)14(11)13-8-20-15(19)21(13)10-6-4-9(17)5-7-10/h1-7,13H,8H2,(H2,19,20). The summed E-state index contributed by atoms with van der Waals surface area (Å²) >= 11 is 6.12. The van der Waals surface area contributed by atoms with E-state index in [4.69, 9.17) is 17.3 Å². The Bertz CT molecular complexity index is 680. The zero-order valence-corrected chi connectivity index (χ0v) is 11.7. The molecule has 0 spiro atoms. The van der Waals surface area contributed by atoms with Gasteiger partial charge in [-0.15, -0.1) is 0 Å². The number of nitrogens with two attached hydrogens (primary N) is 1. The lowest BCUT2D eigenvalue weighted by Gasteiger charge is -2.27. The van der Waals surface area contributed by atoms with E-state index in [9.17, 15) is 8.78 Å². The van der Waals surface area contributed by atoms with Gasteiger partial charge < -0.3 is 10.6 Å². The van der Waals surface area contributed by atoms with Gasteiger partial charge in [-0.25, -0.2) is 8.78 Å². The number of halogens is 3. The van der Waals surface area contributed by atoms with E-state index in [1.165, 1.54) is 18.2 Å². The van der Waals surface area contributed by atoms with Crippen molar-refractivity contribution in [2.24, 2.45) is 10.7 Å². The van der Waals surface area contributed by atoms with Crippen molar-refractivity contribution in [2.75, 3.05) is 11.4 Å². The quantitative estimate of drug-likeness (QED) is 0.922. The Labute approximate surface area is 125 Å². The maximum Gasteiger partial charge on any atom is 0.196 e. The van der Waals surface area contributed by atoms with Crippen LogP contribution in [0.3, 0.4) is 0 Å². The van der Waals surface area contributed by atoms with Crippen molar-refractivity contribution >= 4 is 23.2 Å². The summed E-state index contributed by atoms with van der Waals surface area (Å²) < 4.78 is 27.2. The van der Waals surface area contributed by atoms with E-state index in [2.05, 4.69) is 4.99 Å². The number of benzene rings is 2. The number of hydrogen-bond acceptors (Lipinski definition) is 3. The van der Waals surface area contributed by atoms with E-state index in [-0.39, 0.29) is 11.8 Å². The largest absolute Gasteiger partial charge is 0.369 e. The molecule has 2 aromatic rings. The molecule has 21 heavy (non-hydrogen) atoms. The molecule has 1 atom stereocenters. The van der Waals surface area contributed by atoms with Gasteiger partial charge in [-0.3, -0.25) is 4.99 Å². The molecule has 1 aliphatic heterocycles. The molecule has 0 aromatic heterocycles. The topological polar surface area (TPSA) is 41.6 Å². The van der Waals surface area contributed by atoms with E-state index < -0.39 is 11.9 Å². The van der Waals surface area contributed by atoms with Crippen LogP contribution < -0.4 is 10.6 Å². The molecule has 2 N–H and O–H groups in total. The summed E-state index contributed by atoms with van der Waals surface area (Å²) in [7, 11) is 0. The van der Waals surface area contributed by atoms with Crippen LogP contribution in [0.5, 0.6) is 0 Å². The van der Waals surface area contributed by atoms with Gasteiger partial charge in [0.05, 0.1) is 12.6 Å². The smallest absolute Gasteiger partial charge is 0.196 e. The lowest BCUT2D eigenvalue weighted by molar-refractivity contribution is 0.589. The number of guanidine groups is 1. The van der Waals surface area contributed by atoms with Crippen LogP contribution in [0.4, 0.5) is 14.5 Å². The van der Waals surface area contributed by atoms with Crippen LogP contribution in [0, 0.1) is 11.6 Å². The molecule has 6 heteroatoms. The Kier molecular flexibility index (Phi) is 3.51. The first-order chi connectivity index (χ1) is 10.1. The van der Waals surface area contributed by atoms with Gasteiger partial charge in [0, 0.05) is 16.3 Å². The second kappa shape index (κ2) is 5.33. The molecule has 1 aliphatic rings. The molecular formula is C15H12ClF2N3. The second-order valence-electron chi connectivity index (χ2n) is 4.70. The third-order valence-corrected chi connectivity index (χ3v) is 3.75. The minimum Gasteiger partial charge on any atom is -0.369 e. The summed E-state index contributed by atoms with van der Waals surface area (Å²) in [6.07, 6.45) is 0. The third kappa shape index (κ3) is 2.45. The van der Waals surface area contributed by atoms with Crippen LogP contribution in [0.15, 0.2) is 47.5 Å². The Balaban J connectivity index is 2.05. The van der Waals surface area contributed by atoms with Gasteiger partial charge in [0.1, 0.15) is 11.6 Å². The average Bonchev–Trinajstić information content (AvgIpc) is 2.82. The molecule has 2 aromatic carbocycles. The summed E-state index contributed by atoms with van der Waals surface area (Å²) in [5.74, 6) is -0.510. The fourth-order valence-electron chi connectivity index (χ4n) is 2.46. The van der Waals surface area contributed by atoms with Gasteiger partial charge in [0.2, 0.25) is 0 Å². The molecule has 3 rings (SSSR count). The highest BCUT2D eigenvalue weighted by Gasteiger charge is 2.32. The van der Waals surface area contributed by atoms with E-state index in [1.54, 1.807) is 29.2 Å². The lowest BCUT2D eigenvalue weighted by atomic mass is 10.0. The Morgan fingerprint density at radius 3 is 2.52 bits per heavy atom. The minimum absolute atomic E-state index is 0.255.